The van der Waals surface area contributed by atoms with E-state index in [0.29, 0.717) is 43.1 Å². The molecular weight excluding hydrogens is 334 g/mol. The summed E-state index contributed by atoms with van der Waals surface area (Å²) >= 11 is 0. The van der Waals surface area contributed by atoms with Crippen molar-refractivity contribution in [3.8, 4) is 0 Å². The number of nitrogens with one attached hydrogen (secondary N) is 1. The van der Waals surface area contributed by atoms with Gasteiger partial charge in [0.2, 0.25) is 5.56 Å². The number of morpholine rings is 1. The lowest BCUT2D eigenvalue weighted by atomic mass is 10.1. The molecule has 2 amide bonds. The number of pyridine rings is 1. The monoisotopic (exact) mass is 355 g/mol. The summed E-state index contributed by atoms with van der Waals surface area (Å²) in [5, 5.41) is 2.78. The first kappa shape index (κ1) is 17.9. The van der Waals surface area contributed by atoms with Gasteiger partial charge in [0.15, 0.2) is 0 Å². The van der Waals surface area contributed by atoms with Gasteiger partial charge in [-0.25, -0.2) is 0 Å². The molecule has 7 nitrogen and oxygen atoms in total. The lowest BCUT2D eigenvalue weighted by molar-refractivity contribution is 0.0302. The molecule has 1 aliphatic rings. The fourth-order valence-corrected chi connectivity index (χ4v) is 2.80. The number of carbonyl (C=O) groups is 2. The Labute approximate surface area is 151 Å². The van der Waals surface area contributed by atoms with Gasteiger partial charge in [-0.1, -0.05) is 6.07 Å². The molecule has 1 aliphatic heterocycles. The quantitative estimate of drug-likeness (QED) is 0.903. The molecular formula is C19H21N3O4. The van der Waals surface area contributed by atoms with Crippen LogP contribution in [0.3, 0.4) is 0 Å². The van der Waals surface area contributed by atoms with Gasteiger partial charge in [0.1, 0.15) is 0 Å². The van der Waals surface area contributed by atoms with Crippen molar-refractivity contribution in [2.24, 2.45) is 7.05 Å². The zero-order valence-electron chi connectivity index (χ0n) is 14.8. The van der Waals surface area contributed by atoms with Crippen molar-refractivity contribution in [1.82, 2.24) is 9.47 Å². The fraction of sp³-hybridized carbons (Fsp3) is 0.316. The smallest absolute Gasteiger partial charge is 0.257 e. The van der Waals surface area contributed by atoms with E-state index >= 15 is 0 Å². The molecule has 2 aromatic rings. The highest BCUT2D eigenvalue weighted by molar-refractivity contribution is 6.05. The molecule has 7 heteroatoms. The van der Waals surface area contributed by atoms with Gasteiger partial charge in [0, 0.05) is 43.7 Å². The van der Waals surface area contributed by atoms with Crippen molar-refractivity contribution in [3.63, 3.8) is 0 Å². The Bertz CT molecular complexity index is 898. The van der Waals surface area contributed by atoms with Crippen molar-refractivity contribution in [2.45, 2.75) is 6.92 Å². The molecule has 26 heavy (non-hydrogen) atoms. The minimum atomic E-state index is -0.339. The van der Waals surface area contributed by atoms with Gasteiger partial charge in [-0.05, 0) is 30.7 Å². The van der Waals surface area contributed by atoms with Crippen LogP contribution in [0.25, 0.3) is 0 Å². The van der Waals surface area contributed by atoms with Crippen molar-refractivity contribution in [1.29, 1.82) is 0 Å². The highest BCUT2D eigenvalue weighted by atomic mass is 16.5. The number of amides is 2. The summed E-state index contributed by atoms with van der Waals surface area (Å²) in [6.45, 7) is 4.06. The number of nitrogens with zero attached hydrogens (tertiary/aromatic N) is 2. The number of hydrogen-bond acceptors (Lipinski definition) is 4. The molecule has 0 aliphatic carbocycles. The Kier molecular flexibility index (Phi) is 5.18. The summed E-state index contributed by atoms with van der Waals surface area (Å²) in [5.74, 6) is -0.404. The third-order valence-electron chi connectivity index (χ3n) is 4.37. The zero-order chi connectivity index (χ0) is 18.7. The maximum absolute atomic E-state index is 12.7. The molecule has 0 unspecified atom stereocenters. The third-order valence-corrected chi connectivity index (χ3v) is 4.37. The number of hydrogen-bond donors (Lipinski definition) is 1. The van der Waals surface area contributed by atoms with Crippen LogP contribution in [-0.2, 0) is 11.8 Å². The number of aromatic nitrogens is 1. The van der Waals surface area contributed by atoms with Gasteiger partial charge in [-0.2, -0.15) is 0 Å². The molecule has 1 aromatic heterocycles. The molecule has 1 fully saturated rings. The average molecular weight is 355 g/mol. The van der Waals surface area contributed by atoms with Crippen molar-refractivity contribution < 1.29 is 14.3 Å². The summed E-state index contributed by atoms with van der Waals surface area (Å²) in [7, 11) is 1.59. The maximum Gasteiger partial charge on any atom is 0.257 e. The van der Waals surface area contributed by atoms with Crippen LogP contribution in [0.2, 0.25) is 0 Å². The van der Waals surface area contributed by atoms with E-state index in [2.05, 4.69) is 5.32 Å². The van der Waals surface area contributed by atoms with Gasteiger partial charge >= 0.3 is 0 Å². The predicted octanol–water partition coefficient (Wildman–Crippen LogP) is 1.42. The Hall–Kier alpha value is -2.93. The van der Waals surface area contributed by atoms with E-state index in [1.807, 2.05) is 13.0 Å². The van der Waals surface area contributed by atoms with Crippen LogP contribution >= 0.6 is 0 Å². The molecule has 0 saturated carbocycles. The number of ether oxygens (including phenoxy) is 1. The minimum Gasteiger partial charge on any atom is -0.378 e. The summed E-state index contributed by atoms with van der Waals surface area (Å²) in [6, 6.07) is 8.07. The summed E-state index contributed by atoms with van der Waals surface area (Å²) in [4.78, 5) is 38.3. The third kappa shape index (κ3) is 3.83. The van der Waals surface area contributed by atoms with Gasteiger partial charge in [0.05, 0.1) is 18.8 Å². The average Bonchev–Trinajstić information content (AvgIpc) is 2.65. The summed E-state index contributed by atoms with van der Waals surface area (Å²) in [5.41, 5.74) is 2.13. The first-order valence-corrected chi connectivity index (χ1v) is 8.41. The van der Waals surface area contributed by atoms with E-state index in [1.165, 1.54) is 22.9 Å². The van der Waals surface area contributed by atoms with Crippen LogP contribution < -0.4 is 10.9 Å². The normalized spacial score (nSPS) is 14.2. The first-order chi connectivity index (χ1) is 12.5. The number of benzene rings is 1. The van der Waals surface area contributed by atoms with Crippen LogP contribution in [0.5, 0.6) is 0 Å². The number of aryl methyl sites for hydroxylation is 2. The Morgan fingerprint density at radius 1 is 1.12 bits per heavy atom. The molecule has 3 rings (SSSR count). The van der Waals surface area contributed by atoms with Crippen LogP contribution in [0.4, 0.5) is 5.69 Å². The zero-order valence-corrected chi connectivity index (χ0v) is 14.8. The highest BCUT2D eigenvalue weighted by Gasteiger charge is 2.20. The number of rotatable bonds is 3. The largest absolute Gasteiger partial charge is 0.378 e. The molecule has 1 saturated heterocycles. The molecule has 136 valence electrons. The molecule has 0 bridgehead atoms. The lowest BCUT2D eigenvalue weighted by Crippen LogP contribution is -2.41. The lowest BCUT2D eigenvalue weighted by Gasteiger charge is -2.27. The highest BCUT2D eigenvalue weighted by Crippen LogP contribution is 2.18. The van der Waals surface area contributed by atoms with Crippen LogP contribution in [-0.4, -0.2) is 47.6 Å². The standard InChI is InChI=1S/C19H21N3O4/c1-13-3-5-15(11-16(13)19(25)22-7-9-26-10-8-22)20-18(24)14-4-6-17(23)21(2)12-14/h3-6,11-12H,7-10H2,1-2H3,(H,20,24). The van der Waals surface area contributed by atoms with E-state index in [0.717, 1.165) is 5.56 Å². The van der Waals surface area contributed by atoms with Gasteiger partial charge in [0.25, 0.3) is 11.8 Å². The van der Waals surface area contributed by atoms with E-state index < -0.39 is 0 Å². The van der Waals surface area contributed by atoms with Crippen LogP contribution in [0, 0.1) is 6.92 Å². The van der Waals surface area contributed by atoms with Gasteiger partial charge in [-0.3, -0.25) is 14.4 Å². The second-order valence-electron chi connectivity index (χ2n) is 6.26. The molecule has 1 N–H and O–H groups in total. The molecule has 1 aromatic carbocycles. The number of carbonyl (C=O) groups excluding carboxylic acids is 2. The topological polar surface area (TPSA) is 80.6 Å². The van der Waals surface area contributed by atoms with Crippen LogP contribution in [0.15, 0.2) is 41.3 Å². The molecule has 0 radical (unpaired) electrons. The second kappa shape index (κ2) is 7.53. The molecule has 0 atom stereocenters. The summed E-state index contributed by atoms with van der Waals surface area (Å²) < 4.78 is 6.63. The Morgan fingerprint density at radius 2 is 1.85 bits per heavy atom. The molecule has 2 heterocycles. The molecule has 0 spiro atoms. The fourth-order valence-electron chi connectivity index (χ4n) is 2.80. The van der Waals surface area contributed by atoms with E-state index in [-0.39, 0.29) is 17.4 Å². The number of anilines is 1. The first-order valence-electron chi connectivity index (χ1n) is 8.41. The summed E-state index contributed by atoms with van der Waals surface area (Å²) in [6.07, 6.45) is 1.48. The minimum absolute atomic E-state index is 0.0657. The van der Waals surface area contributed by atoms with E-state index in [9.17, 15) is 14.4 Å². The van der Waals surface area contributed by atoms with Gasteiger partial charge in [-0.15, -0.1) is 0 Å². The van der Waals surface area contributed by atoms with Crippen molar-refractivity contribution >= 4 is 17.5 Å². The van der Waals surface area contributed by atoms with Gasteiger partial charge < -0.3 is 19.5 Å². The van der Waals surface area contributed by atoms with E-state index in [1.54, 1.807) is 24.1 Å². The maximum atomic E-state index is 12.7. The second-order valence-corrected chi connectivity index (χ2v) is 6.26. The van der Waals surface area contributed by atoms with Crippen molar-refractivity contribution in [3.05, 3.63) is 63.6 Å². The predicted molar refractivity (Wildman–Crippen MR) is 97.5 cm³/mol. The van der Waals surface area contributed by atoms with Crippen molar-refractivity contribution in [2.75, 3.05) is 31.6 Å². The van der Waals surface area contributed by atoms with Crippen LogP contribution in [0.1, 0.15) is 26.3 Å². The Balaban J connectivity index is 1.80. The van der Waals surface area contributed by atoms with E-state index in [4.69, 9.17) is 4.74 Å². The SMILES string of the molecule is Cc1ccc(NC(=O)c2ccc(=O)n(C)c2)cc1C(=O)N1CCOCC1. The Morgan fingerprint density at radius 3 is 2.54 bits per heavy atom.